The first-order valence-electron chi connectivity index (χ1n) is 7.35. The number of nitrogens with zero attached hydrogens (tertiary/aromatic N) is 3. The third-order valence-corrected chi connectivity index (χ3v) is 6.91. The van der Waals surface area contributed by atoms with Crippen molar-refractivity contribution < 1.29 is 13.2 Å². The van der Waals surface area contributed by atoms with Gasteiger partial charge in [0.25, 0.3) is 0 Å². The summed E-state index contributed by atoms with van der Waals surface area (Å²) in [5.74, 6) is 0.373. The van der Waals surface area contributed by atoms with E-state index in [2.05, 4.69) is 9.97 Å². The molecule has 3 rings (SSSR count). The van der Waals surface area contributed by atoms with Crippen LogP contribution in [0.5, 0.6) is 0 Å². The number of rotatable bonds is 4. The second kappa shape index (κ2) is 6.16. The molecule has 8 heteroatoms. The van der Waals surface area contributed by atoms with Crippen molar-refractivity contribution in [1.82, 2.24) is 14.9 Å². The molecular formula is C14H19N3O3S2. The molecule has 0 aliphatic carbocycles. The van der Waals surface area contributed by atoms with Crippen molar-refractivity contribution in [1.29, 1.82) is 0 Å². The van der Waals surface area contributed by atoms with Crippen LogP contribution in [-0.2, 0) is 14.6 Å². The van der Waals surface area contributed by atoms with Gasteiger partial charge in [0.2, 0.25) is 5.91 Å². The number of carbonyl (C=O) groups excluding carboxylic acids is 1. The van der Waals surface area contributed by atoms with E-state index in [1.165, 1.54) is 18.0 Å². The standard InChI is InChI=1S/C14H19N3O3S2/c1-22(19,20)12-7-10-3-4-11(8-12)17(10)13(18)9-21-14-15-5-2-6-16-14/h2,5-6,10-12H,3-4,7-9H2,1H3. The summed E-state index contributed by atoms with van der Waals surface area (Å²) in [7, 11) is -3.02. The maximum atomic E-state index is 12.5. The predicted octanol–water partition coefficient (Wildman–Crippen LogP) is 1.14. The Labute approximate surface area is 134 Å². The largest absolute Gasteiger partial charge is 0.336 e. The van der Waals surface area contributed by atoms with Crippen molar-refractivity contribution >= 4 is 27.5 Å². The van der Waals surface area contributed by atoms with Crippen molar-refractivity contribution in [3.8, 4) is 0 Å². The summed E-state index contributed by atoms with van der Waals surface area (Å²) in [5, 5.41) is 0.299. The fourth-order valence-corrected chi connectivity index (χ4v) is 5.26. The maximum absolute atomic E-state index is 12.5. The average Bonchev–Trinajstić information content (AvgIpc) is 2.74. The predicted molar refractivity (Wildman–Crippen MR) is 84.3 cm³/mol. The lowest BCUT2D eigenvalue weighted by Crippen LogP contribution is -2.50. The highest BCUT2D eigenvalue weighted by atomic mass is 32.2. The summed E-state index contributed by atoms with van der Waals surface area (Å²) >= 11 is 1.33. The smallest absolute Gasteiger partial charge is 0.233 e. The second-order valence-corrected chi connectivity index (χ2v) is 9.20. The molecule has 6 nitrogen and oxygen atoms in total. The number of hydrogen-bond acceptors (Lipinski definition) is 6. The second-order valence-electron chi connectivity index (χ2n) is 5.93. The van der Waals surface area contributed by atoms with Gasteiger partial charge in [-0.1, -0.05) is 11.8 Å². The lowest BCUT2D eigenvalue weighted by molar-refractivity contribution is -0.132. The van der Waals surface area contributed by atoms with E-state index in [9.17, 15) is 13.2 Å². The molecule has 0 aromatic carbocycles. The van der Waals surface area contributed by atoms with Crippen LogP contribution in [0, 0.1) is 0 Å². The molecule has 2 saturated heterocycles. The monoisotopic (exact) mass is 341 g/mol. The lowest BCUT2D eigenvalue weighted by Gasteiger charge is -2.38. The third-order valence-electron chi connectivity index (χ3n) is 4.45. The molecule has 1 aromatic rings. The Hall–Kier alpha value is -1.15. The Morgan fingerprint density at radius 1 is 1.27 bits per heavy atom. The van der Waals surface area contributed by atoms with Gasteiger partial charge in [0, 0.05) is 30.7 Å². The molecule has 0 spiro atoms. The van der Waals surface area contributed by atoms with Crippen molar-refractivity contribution in [3.63, 3.8) is 0 Å². The van der Waals surface area contributed by atoms with E-state index in [1.807, 2.05) is 4.90 Å². The minimum Gasteiger partial charge on any atom is -0.336 e. The van der Waals surface area contributed by atoms with Gasteiger partial charge in [0.15, 0.2) is 5.16 Å². The van der Waals surface area contributed by atoms with Crippen LogP contribution < -0.4 is 0 Å². The van der Waals surface area contributed by atoms with Gasteiger partial charge in [-0.05, 0) is 31.7 Å². The van der Waals surface area contributed by atoms with Gasteiger partial charge in [-0.3, -0.25) is 4.79 Å². The highest BCUT2D eigenvalue weighted by molar-refractivity contribution is 7.99. The van der Waals surface area contributed by atoms with Crippen LogP contribution in [0.15, 0.2) is 23.6 Å². The highest BCUT2D eigenvalue weighted by Crippen LogP contribution is 2.38. The summed E-state index contributed by atoms with van der Waals surface area (Å²) in [6.07, 6.45) is 7.59. The highest BCUT2D eigenvalue weighted by Gasteiger charge is 2.45. The Bertz CT molecular complexity index is 637. The Morgan fingerprint density at radius 3 is 2.41 bits per heavy atom. The van der Waals surface area contributed by atoms with Gasteiger partial charge in [-0.25, -0.2) is 18.4 Å². The van der Waals surface area contributed by atoms with Gasteiger partial charge in [0.1, 0.15) is 9.84 Å². The number of sulfone groups is 1. The van der Waals surface area contributed by atoms with Gasteiger partial charge in [0.05, 0.1) is 11.0 Å². The number of amides is 1. The van der Waals surface area contributed by atoms with Gasteiger partial charge in [-0.15, -0.1) is 0 Å². The molecular weight excluding hydrogens is 322 g/mol. The number of aromatic nitrogens is 2. The molecule has 2 atom stereocenters. The number of piperidine rings is 1. The van der Waals surface area contributed by atoms with E-state index < -0.39 is 9.84 Å². The summed E-state index contributed by atoms with van der Waals surface area (Å²) in [6.45, 7) is 0. The van der Waals surface area contributed by atoms with Crippen LogP contribution >= 0.6 is 11.8 Å². The van der Waals surface area contributed by atoms with Crippen LogP contribution in [0.3, 0.4) is 0 Å². The van der Waals surface area contributed by atoms with Crippen LogP contribution in [0.1, 0.15) is 25.7 Å². The molecule has 0 N–H and O–H groups in total. The number of carbonyl (C=O) groups is 1. The topological polar surface area (TPSA) is 80.2 Å². The van der Waals surface area contributed by atoms with Gasteiger partial charge in [-0.2, -0.15) is 0 Å². The summed E-state index contributed by atoms with van der Waals surface area (Å²) in [4.78, 5) is 22.6. The quantitative estimate of drug-likeness (QED) is 0.603. The van der Waals surface area contributed by atoms with E-state index in [4.69, 9.17) is 0 Å². The SMILES string of the molecule is CS(=O)(=O)C1CC2CCC(C1)N2C(=O)CSc1ncccn1. The number of hydrogen-bond donors (Lipinski definition) is 0. The molecule has 2 unspecified atom stereocenters. The van der Waals surface area contributed by atoms with Gasteiger partial charge >= 0.3 is 0 Å². The zero-order chi connectivity index (χ0) is 15.7. The van der Waals surface area contributed by atoms with Gasteiger partial charge < -0.3 is 4.90 Å². The molecule has 22 heavy (non-hydrogen) atoms. The maximum Gasteiger partial charge on any atom is 0.233 e. The van der Waals surface area contributed by atoms with Crippen LogP contribution in [0.2, 0.25) is 0 Å². The molecule has 2 fully saturated rings. The first kappa shape index (κ1) is 15.7. The van der Waals surface area contributed by atoms with E-state index in [0.717, 1.165) is 12.8 Å². The third kappa shape index (κ3) is 3.27. The first-order valence-corrected chi connectivity index (χ1v) is 10.3. The van der Waals surface area contributed by atoms with Crippen LogP contribution in [-0.4, -0.2) is 58.5 Å². The zero-order valence-electron chi connectivity index (χ0n) is 12.4. The Kier molecular flexibility index (Phi) is 4.40. The number of fused-ring (bicyclic) bond motifs is 2. The molecule has 0 radical (unpaired) electrons. The molecule has 2 aliphatic heterocycles. The molecule has 3 heterocycles. The molecule has 0 saturated carbocycles. The van der Waals surface area contributed by atoms with Crippen molar-refractivity contribution in [3.05, 3.63) is 18.5 Å². The van der Waals surface area contributed by atoms with E-state index in [-0.39, 0.29) is 23.2 Å². The fourth-order valence-electron chi connectivity index (χ4n) is 3.44. The summed E-state index contributed by atoms with van der Waals surface area (Å²) in [6, 6.07) is 1.88. The molecule has 2 aliphatic rings. The van der Waals surface area contributed by atoms with Crippen LogP contribution in [0.25, 0.3) is 0 Å². The van der Waals surface area contributed by atoms with E-state index in [0.29, 0.717) is 23.8 Å². The van der Waals surface area contributed by atoms with Crippen molar-refractivity contribution in [2.45, 2.75) is 48.2 Å². The number of thioether (sulfide) groups is 1. The zero-order valence-corrected chi connectivity index (χ0v) is 14.0. The molecule has 120 valence electrons. The molecule has 2 bridgehead atoms. The Morgan fingerprint density at radius 2 is 1.86 bits per heavy atom. The van der Waals surface area contributed by atoms with Crippen molar-refractivity contribution in [2.24, 2.45) is 0 Å². The van der Waals surface area contributed by atoms with E-state index >= 15 is 0 Å². The van der Waals surface area contributed by atoms with E-state index in [1.54, 1.807) is 18.5 Å². The van der Waals surface area contributed by atoms with Crippen LogP contribution in [0.4, 0.5) is 0 Å². The lowest BCUT2D eigenvalue weighted by atomic mass is 10.0. The molecule has 1 aromatic heterocycles. The minimum absolute atomic E-state index is 0.0666. The summed E-state index contributed by atoms with van der Waals surface area (Å²) < 4.78 is 23.5. The summed E-state index contributed by atoms with van der Waals surface area (Å²) in [5.41, 5.74) is 0. The fraction of sp³-hybridized carbons (Fsp3) is 0.643. The van der Waals surface area contributed by atoms with Crippen molar-refractivity contribution in [2.75, 3.05) is 12.0 Å². The average molecular weight is 341 g/mol. The first-order chi connectivity index (χ1) is 10.4. The Balaban J connectivity index is 1.63. The molecule has 1 amide bonds. The normalized spacial score (nSPS) is 27.9. The minimum atomic E-state index is -3.02.